The maximum absolute atomic E-state index is 12.8. The van der Waals surface area contributed by atoms with Crippen LogP contribution in [0.5, 0.6) is 0 Å². The summed E-state index contributed by atoms with van der Waals surface area (Å²) in [6.45, 7) is 7.79. The second kappa shape index (κ2) is 6.78. The number of rotatable bonds is 4. The lowest BCUT2D eigenvalue weighted by molar-refractivity contribution is -0.157. The minimum absolute atomic E-state index is 0.0541. The molecule has 22 heavy (non-hydrogen) atoms. The van der Waals surface area contributed by atoms with Crippen molar-refractivity contribution in [3.63, 3.8) is 0 Å². The van der Waals surface area contributed by atoms with Gasteiger partial charge in [-0.15, -0.1) is 0 Å². The summed E-state index contributed by atoms with van der Waals surface area (Å²) in [6, 6.07) is 20.0. The minimum atomic E-state index is -0.486. The second-order valence-corrected chi connectivity index (χ2v) is 6.62. The predicted octanol–water partition coefficient (Wildman–Crippen LogP) is 4.92. The summed E-state index contributed by atoms with van der Waals surface area (Å²) in [4.78, 5) is 12.8. The van der Waals surface area contributed by atoms with E-state index >= 15 is 0 Å². The largest absolute Gasteiger partial charge is 0.459 e. The third kappa shape index (κ3) is 4.20. The maximum atomic E-state index is 12.8. The molecule has 0 saturated heterocycles. The first-order valence-electron chi connectivity index (χ1n) is 7.71. The van der Waals surface area contributed by atoms with Gasteiger partial charge in [-0.25, -0.2) is 0 Å². The number of ether oxygens (including phenoxy) is 1. The molecule has 0 amide bonds. The zero-order chi connectivity index (χ0) is 16.2. The van der Waals surface area contributed by atoms with E-state index in [4.69, 9.17) is 4.74 Å². The molecule has 0 aliphatic rings. The fraction of sp³-hybridized carbons (Fsp3) is 0.350. The number of carbonyl (C=O) groups is 1. The quantitative estimate of drug-likeness (QED) is 0.749. The summed E-state index contributed by atoms with van der Waals surface area (Å²) in [5.41, 5.74) is 1.65. The number of hydrogen-bond donors (Lipinski definition) is 0. The highest BCUT2D eigenvalue weighted by Gasteiger charge is 2.31. The van der Waals surface area contributed by atoms with Gasteiger partial charge in [0.15, 0.2) is 0 Å². The molecule has 2 atom stereocenters. The van der Waals surface area contributed by atoms with Crippen molar-refractivity contribution in [2.24, 2.45) is 0 Å². The average Bonchev–Trinajstić information content (AvgIpc) is 2.47. The summed E-state index contributed by atoms with van der Waals surface area (Å²) in [5, 5.41) is 0. The van der Waals surface area contributed by atoms with Gasteiger partial charge in [0.2, 0.25) is 0 Å². The molecule has 0 spiro atoms. The van der Waals surface area contributed by atoms with Gasteiger partial charge in [-0.05, 0) is 37.8 Å². The van der Waals surface area contributed by atoms with Crippen LogP contribution in [0.1, 0.15) is 50.7 Å². The SMILES string of the molecule is C[C@H](c1ccccc1)[C@@H](C(=O)OC(C)(C)C)c1ccccc1. The summed E-state index contributed by atoms with van der Waals surface area (Å²) >= 11 is 0. The smallest absolute Gasteiger partial charge is 0.314 e. The van der Waals surface area contributed by atoms with Gasteiger partial charge in [0, 0.05) is 0 Å². The van der Waals surface area contributed by atoms with Crippen LogP contribution in [0.15, 0.2) is 60.7 Å². The van der Waals surface area contributed by atoms with Crippen molar-refractivity contribution in [3.8, 4) is 0 Å². The normalized spacial score (nSPS) is 14.2. The molecule has 2 aromatic carbocycles. The fourth-order valence-electron chi connectivity index (χ4n) is 2.60. The Morgan fingerprint density at radius 2 is 1.32 bits per heavy atom. The summed E-state index contributed by atoms with van der Waals surface area (Å²) in [5.74, 6) is -0.420. The zero-order valence-corrected chi connectivity index (χ0v) is 13.7. The van der Waals surface area contributed by atoms with E-state index < -0.39 is 5.60 Å². The van der Waals surface area contributed by atoms with E-state index in [0.717, 1.165) is 11.1 Å². The molecule has 0 bridgehead atoms. The van der Waals surface area contributed by atoms with E-state index in [9.17, 15) is 4.79 Å². The molecule has 0 fully saturated rings. The molecular formula is C20H24O2. The Hall–Kier alpha value is -2.09. The van der Waals surface area contributed by atoms with Gasteiger partial charge in [-0.3, -0.25) is 4.79 Å². The van der Waals surface area contributed by atoms with Crippen molar-refractivity contribution in [2.45, 2.75) is 45.1 Å². The van der Waals surface area contributed by atoms with E-state index in [-0.39, 0.29) is 17.8 Å². The number of benzene rings is 2. The van der Waals surface area contributed by atoms with E-state index in [1.54, 1.807) is 0 Å². The monoisotopic (exact) mass is 296 g/mol. The van der Waals surface area contributed by atoms with Gasteiger partial charge in [-0.1, -0.05) is 67.6 Å². The van der Waals surface area contributed by atoms with Crippen molar-refractivity contribution >= 4 is 5.97 Å². The van der Waals surface area contributed by atoms with E-state index in [0.29, 0.717) is 0 Å². The maximum Gasteiger partial charge on any atom is 0.314 e. The van der Waals surface area contributed by atoms with Crippen LogP contribution < -0.4 is 0 Å². The average molecular weight is 296 g/mol. The molecule has 0 aliphatic carbocycles. The Bertz CT molecular complexity index is 597. The van der Waals surface area contributed by atoms with Crippen LogP contribution in [0, 0.1) is 0 Å². The highest BCUT2D eigenvalue weighted by atomic mass is 16.6. The van der Waals surface area contributed by atoms with Crippen molar-refractivity contribution < 1.29 is 9.53 Å². The number of hydrogen-bond acceptors (Lipinski definition) is 2. The number of carbonyl (C=O) groups excluding carboxylic acids is 1. The summed E-state index contributed by atoms with van der Waals surface area (Å²) < 4.78 is 5.66. The van der Waals surface area contributed by atoms with Gasteiger partial charge in [0.1, 0.15) is 5.60 Å². The molecule has 2 rings (SSSR count). The fourth-order valence-corrected chi connectivity index (χ4v) is 2.60. The van der Waals surface area contributed by atoms with Crippen molar-refractivity contribution in [1.29, 1.82) is 0 Å². The van der Waals surface area contributed by atoms with Crippen LogP contribution in [-0.2, 0) is 9.53 Å². The highest BCUT2D eigenvalue weighted by molar-refractivity contribution is 5.80. The van der Waals surface area contributed by atoms with Crippen LogP contribution in [-0.4, -0.2) is 11.6 Å². The molecule has 2 nitrogen and oxygen atoms in total. The third-order valence-electron chi connectivity index (χ3n) is 3.64. The van der Waals surface area contributed by atoms with Crippen LogP contribution in [0.25, 0.3) is 0 Å². The first-order chi connectivity index (χ1) is 10.4. The molecule has 0 radical (unpaired) electrons. The van der Waals surface area contributed by atoms with Gasteiger partial charge in [0.25, 0.3) is 0 Å². The zero-order valence-electron chi connectivity index (χ0n) is 13.7. The molecular weight excluding hydrogens is 272 g/mol. The Kier molecular flexibility index (Phi) is 5.02. The first kappa shape index (κ1) is 16.3. The van der Waals surface area contributed by atoms with Gasteiger partial charge in [-0.2, -0.15) is 0 Å². The molecule has 0 unspecified atom stereocenters. The Morgan fingerprint density at radius 1 is 0.864 bits per heavy atom. The molecule has 0 aromatic heterocycles. The minimum Gasteiger partial charge on any atom is -0.459 e. The molecule has 2 heteroatoms. The van der Waals surface area contributed by atoms with E-state index in [1.165, 1.54) is 0 Å². The summed E-state index contributed by atoms with van der Waals surface area (Å²) in [7, 11) is 0. The molecule has 0 heterocycles. The topological polar surface area (TPSA) is 26.3 Å². The van der Waals surface area contributed by atoms with Crippen LogP contribution in [0.2, 0.25) is 0 Å². The number of esters is 1. The van der Waals surface area contributed by atoms with E-state index in [2.05, 4.69) is 19.1 Å². The molecule has 116 valence electrons. The lowest BCUT2D eigenvalue weighted by Gasteiger charge is -2.28. The van der Waals surface area contributed by atoms with Gasteiger partial charge >= 0.3 is 5.97 Å². The summed E-state index contributed by atoms with van der Waals surface area (Å²) in [6.07, 6.45) is 0. The predicted molar refractivity (Wildman–Crippen MR) is 89.9 cm³/mol. The van der Waals surface area contributed by atoms with Crippen molar-refractivity contribution in [1.82, 2.24) is 0 Å². The van der Waals surface area contributed by atoms with Crippen LogP contribution in [0.4, 0.5) is 0 Å². The van der Waals surface area contributed by atoms with Crippen molar-refractivity contribution in [2.75, 3.05) is 0 Å². The second-order valence-electron chi connectivity index (χ2n) is 6.62. The highest BCUT2D eigenvalue weighted by Crippen LogP contribution is 2.34. The van der Waals surface area contributed by atoms with Crippen molar-refractivity contribution in [3.05, 3.63) is 71.8 Å². The van der Waals surface area contributed by atoms with Gasteiger partial charge in [0.05, 0.1) is 5.92 Å². The molecule has 2 aromatic rings. The lowest BCUT2D eigenvalue weighted by Crippen LogP contribution is -2.30. The first-order valence-corrected chi connectivity index (χ1v) is 7.71. The third-order valence-corrected chi connectivity index (χ3v) is 3.64. The molecule has 0 saturated carbocycles. The Balaban J connectivity index is 2.36. The van der Waals surface area contributed by atoms with Crippen LogP contribution in [0.3, 0.4) is 0 Å². The Morgan fingerprint density at radius 3 is 1.77 bits per heavy atom. The Labute approximate surface area is 133 Å². The van der Waals surface area contributed by atoms with E-state index in [1.807, 2.05) is 69.3 Å². The van der Waals surface area contributed by atoms with Gasteiger partial charge < -0.3 is 4.74 Å². The standard InChI is InChI=1S/C20H24O2/c1-15(16-11-7-5-8-12-16)18(17-13-9-6-10-14-17)19(21)22-20(2,3)4/h5-15,18H,1-4H3/t15-,18-/m1/s1. The van der Waals surface area contributed by atoms with Crippen LogP contribution >= 0.6 is 0 Å². The lowest BCUT2D eigenvalue weighted by atomic mass is 9.82. The molecule has 0 aliphatic heterocycles. The molecule has 0 N–H and O–H groups in total.